The summed E-state index contributed by atoms with van der Waals surface area (Å²) < 4.78 is 0. The topological polar surface area (TPSA) is 58.4 Å². The van der Waals surface area contributed by atoms with Crippen LogP contribution in [0.2, 0.25) is 5.02 Å². The Morgan fingerprint density at radius 1 is 1.40 bits per heavy atom. The van der Waals surface area contributed by atoms with E-state index in [4.69, 9.17) is 17.3 Å². The van der Waals surface area contributed by atoms with Gasteiger partial charge in [-0.05, 0) is 24.6 Å². The van der Waals surface area contributed by atoms with E-state index in [9.17, 15) is 4.79 Å². The number of benzene rings is 1. The third-order valence-corrected chi connectivity index (χ3v) is 3.39. The van der Waals surface area contributed by atoms with Gasteiger partial charge in [0.1, 0.15) is 0 Å². The lowest BCUT2D eigenvalue weighted by atomic mass is 10.1. The van der Waals surface area contributed by atoms with Gasteiger partial charge < -0.3 is 16.0 Å². The van der Waals surface area contributed by atoms with E-state index in [0.29, 0.717) is 5.02 Å². The van der Waals surface area contributed by atoms with E-state index in [-0.39, 0.29) is 12.5 Å². The molecule has 4 nitrogen and oxygen atoms in total. The lowest BCUT2D eigenvalue weighted by Gasteiger charge is -2.27. The van der Waals surface area contributed by atoms with E-state index in [1.807, 2.05) is 23.1 Å². The van der Waals surface area contributed by atoms with Crippen LogP contribution in [0.5, 0.6) is 0 Å². The van der Waals surface area contributed by atoms with Gasteiger partial charge in [-0.1, -0.05) is 44.0 Å². The number of amides is 1. The molecule has 0 radical (unpaired) electrons. The third-order valence-electron chi connectivity index (χ3n) is 3.08. The molecule has 1 aromatic rings. The van der Waals surface area contributed by atoms with E-state index < -0.39 is 0 Å². The number of carbonyl (C=O) groups is 1. The first-order valence-corrected chi connectivity index (χ1v) is 7.49. The van der Waals surface area contributed by atoms with Gasteiger partial charge in [0.05, 0.1) is 17.3 Å². The van der Waals surface area contributed by atoms with Gasteiger partial charge >= 0.3 is 0 Å². The predicted octanol–water partition coefficient (Wildman–Crippen LogP) is 2.54. The zero-order valence-corrected chi connectivity index (χ0v) is 13.0. The minimum Gasteiger partial charge on any atom is -0.368 e. The second-order valence-electron chi connectivity index (χ2n) is 4.77. The van der Waals surface area contributed by atoms with Gasteiger partial charge in [-0.2, -0.15) is 0 Å². The first-order chi connectivity index (χ1) is 9.60. The number of hydrogen-bond acceptors (Lipinski definition) is 3. The average Bonchev–Trinajstić information content (AvgIpc) is 2.41. The molecule has 0 saturated carbocycles. The Bertz CT molecular complexity index is 437. The number of para-hydroxylation sites is 1. The van der Waals surface area contributed by atoms with Crippen LogP contribution in [-0.4, -0.2) is 25.5 Å². The van der Waals surface area contributed by atoms with Crippen molar-refractivity contribution in [1.29, 1.82) is 0 Å². The molecule has 112 valence electrons. The molecule has 1 amide bonds. The van der Waals surface area contributed by atoms with E-state index in [2.05, 4.69) is 19.2 Å². The van der Waals surface area contributed by atoms with Crippen molar-refractivity contribution in [3.8, 4) is 0 Å². The van der Waals surface area contributed by atoms with Crippen LogP contribution >= 0.6 is 11.6 Å². The Morgan fingerprint density at radius 2 is 2.15 bits per heavy atom. The highest BCUT2D eigenvalue weighted by Gasteiger charge is 2.16. The molecular formula is C15H24ClN3O. The second-order valence-corrected chi connectivity index (χ2v) is 5.18. The van der Waals surface area contributed by atoms with Gasteiger partial charge in [0.15, 0.2) is 0 Å². The van der Waals surface area contributed by atoms with Crippen LogP contribution in [0.1, 0.15) is 32.3 Å². The smallest absolute Gasteiger partial charge is 0.236 e. The first-order valence-electron chi connectivity index (χ1n) is 7.11. The molecule has 0 spiro atoms. The van der Waals surface area contributed by atoms with E-state index in [0.717, 1.165) is 43.7 Å². The molecule has 0 heterocycles. The first kappa shape index (κ1) is 16.8. The molecule has 1 aromatic carbocycles. The SMILES string of the molecule is CCCCN(CC(N)=O)c1c(Cl)cccc1CNCC. The molecule has 0 aromatic heterocycles. The maximum atomic E-state index is 11.3. The Morgan fingerprint density at radius 3 is 2.75 bits per heavy atom. The van der Waals surface area contributed by atoms with Crippen molar-refractivity contribution in [2.75, 3.05) is 24.5 Å². The molecule has 1 rings (SSSR count). The van der Waals surface area contributed by atoms with Crippen molar-refractivity contribution in [3.63, 3.8) is 0 Å². The van der Waals surface area contributed by atoms with Crippen LogP contribution in [-0.2, 0) is 11.3 Å². The minimum atomic E-state index is -0.338. The molecule has 0 bridgehead atoms. The zero-order valence-electron chi connectivity index (χ0n) is 12.3. The van der Waals surface area contributed by atoms with Gasteiger partial charge in [0, 0.05) is 13.1 Å². The molecule has 0 fully saturated rings. The summed E-state index contributed by atoms with van der Waals surface area (Å²) in [5.41, 5.74) is 7.38. The summed E-state index contributed by atoms with van der Waals surface area (Å²) >= 11 is 6.34. The van der Waals surface area contributed by atoms with Crippen LogP contribution in [0, 0.1) is 0 Å². The third kappa shape index (κ3) is 5.02. The molecule has 0 aliphatic heterocycles. The number of nitrogens with two attached hydrogens (primary N) is 1. The van der Waals surface area contributed by atoms with Crippen LogP contribution in [0.3, 0.4) is 0 Å². The van der Waals surface area contributed by atoms with Crippen molar-refractivity contribution >= 4 is 23.2 Å². The highest BCUT2D eigenvalue weighted by atomic mass is 35.5. The standard InChI is InChI=1S/C15H24ClN3O/c1-3-5-9-19(11-14(17)20)15-12(10-18-4-2)7-6-8-13(15)16/h6-8,18H,3-5,9-11H2,1-2H3,(H2,17,20). The van der Waals surface area contributed by atoms with Crippen molar-refractivity contribution in [1.82, 2.24) is 5.32 Å². The van der Waals surface area contributed by atoms with Crippen LogP contribution in [0.15, 0.2) is 18.2 Å². The quantitative estimate of drug-likeness (QED) is 0.736. The van der Waals surface area contributed by atoms with Gasteiger partial charge in [-0.15, -0.1) is 0 Å². The molecular weight excluding hydrogens is 274 g/mol. The van der Waals surface area contributed by atoms with Crippen LogP contribution < -0.4 is 16.0 Å². The summed E-state index contributed by atoms with van der Waals surface area (Å²) in [6.07, 6.45) is 2.06. The fourth-order valence-corrected chi connectivity index (χ4v) is 2.44. The second kappa shape index (κ2) is 8.82. The minimum absolute atomic E-state index is 0.197. The number of carbonyl (C=O) groups excluding carboxylic acids is 1. The van der Waals surface area contributed by atoms with Crippen LogP contribution in [0.25, 0.3) is 0 Å². The Labute approximate surface area is 126 Å². The Hall–Kier alpha value is -1.26. The fraction of sp³-hybridized carbons (Fsp3) is 0.533. The number of nitrogens with one attached hydrogen (secondary N) is 1. The number of unbranched alkanes of at least 4 members (excludes halogenated alkanes) is 1. The fourth-order valence-electron chi connectivity index (χ4n) is 2.12. The highest BCUT2D eigenvalue weighted by Crippen LogP contribution is 2.30. The summed E-state index contributed by atoms with van der Waals surface area (Å²) in [6, 6.07) is 5.82. The van der Waals surface area contributed by atoms with Crippen molar-refractivity contribution in [2.45, 2.75) is 33.2 Å². The van der Waals surface area contributed by atoms with Crippen LogP contribution in [0.4, 0.5) is 5.69 Å². The molecule has 20 heavy (non-hydrogen) atoms. The summed E-state index contributed by atoms with van der Waals surface area (Å²) in [7, 11) is 0. The summed E-state index contributed by atoms with van der Waals surface area (Å²) in [5, 5.41) is 3.96. The lowest BCUT2D eigenvalue weighted by molar-refractivity contribution is -0.116. The van der Waals surface area contributed by atoms with Gasteiger partial charge in [-0.3, -0.25) is 4.79 Å². The maximum Gasteiger partial charge on any atom is 0.236 e. The Kier molecular flexibility index (Phi) is 7.41. The van der Waals surface area contributed by atoms with Gasteiger partial charge in [0.2, 0.25) is 5.91 Å². The van der Waals surface area contributed by atoms with E-state index in [1.54, 1.807) is 0 Å². The summed E-state index contributed by atoms with van der Waals surface area (Å²) in [4.78, 5) is 13.3. The summed E-state index contributed by atoms with van der Waals surface area (Å²) in [6.45, 7) is 6.77. The molecule has 0 atom stereocenters. The molecule has 0 saturated heterocycles. The van der Waals surface area contributed by atoms with Gasteiger partial charge in [-0.25, -0.2) is 0 Å². The normalized spacial score (nSPS) is 10.6. The zero-order chi connectivity index (χ0) is 15.0. The Balaban J connectivity index is 3.05. The maximum absolute atomic E-state index is 11.3. The molecule has 0 aliphatic carbocycles. The van der Waals surface area contributed by atoms with Crippen molar-refractivity contribution in [3.05, 3.63) is 28.8 Å². The lowest BCUT2D eigenvalue weighted by Crippen LogP contribution is -2.35. The number of hydrogen-bond donors (Lipinski definition) is 2. The van der Waals surface area contributed by atoms with E-state index >= 15 is 0 Å². The number of anilines is 1. The molecule has 3 N–H and O–H groups in total. The average molecular weight is 298 g/mol. The summed E-state index contributed by atoms with van der Waals surface area (Å²) in [5.74, 6) is -0.338. The molecule has 0 unspecified atom stereocenters. The number of primary amides is 1. The highest BCUT2D eigenvalue weighted by molar-refractivity contribution is 6.33. The predicted molar refractivity (Wildman–Crippen MR) is 85.1 cm³/mol. The number of rotatable bonds is 9. The number of nitrogens with zero attached hydrogens (tertiary/aromatic N) is 1. The largest absolute Gasteiger partial charge is 0.368 e. The molecule has 5 heteroatoms. The number of halogens is 1. The monoisotopic (exact) mass is 297 g/mol. The van der Waals surface area contributed by atoms with Crippen molar-refractivity contribution < 1.29 is 4.79 Å². The molecule has 0 aliphatic rings. The van der Waals surface area contributed by atoms with E-state index in [1.165, 1.54) is 0 Å². The van der Waals surface area contributed by atoms with Gasteiger partial charge in [0.25, 0.3) is 0 Å². The van der Waals surface area contributed by atoms with Crippen molar-refractivity contribution in [2.24, 2.45) is 5.73 Å².